The van der Waals surface area contributed by atoms with Gasteiger partial charge < -0.3 is 25.2 Å². The lowest BCUT2D eigenvalue weighted by Crippen LogP contribution is -2.37. The van der Waals surface area contributed by atoms with Gasteiger partial charge >= 0.3 is 0 Å². The average Bonchev–Trinajstić information content (AvgIpc) is 3.53. The van der Waals surface area contributed by atoms with E-state index in [2.05, 4.69) is 34.1 Å². The number of aliphatic hydroxyl groups excluding tert-OH is 1. The van der Waals surface area contributed by atoms with Crippen LogP contribution in [0.2, 0.25) is 0 Å². The fourth-order valence-electron chi connectivity index (χ4n) is 6.31. The second-order valence-electron chi connectivity index (χ2n) is 11.9. The summed E-state index contributed by atoms with van der Waals surface area (Å²) in [4.78, 5) is 17.4. The van der Waals surface area contributed by atoms with E-state index < -0.39 is 21.7 Å². The number of amides is 1. The number of primary amides is 1. The number of nitrogens with zero attached hydrogens (tertiary/aromatic N) is 2. The molecular weight excluding hydrogens is 590 g/mol. The van der Waals surface area contributed by atoms with E-state index in [0.29, 0.717) is 23.7 Å². The molecule has 1 amide bonds. The second kappa shape index (κ2) is 15.2. The SMILES string of the molecule is CCS(=O)(=O)c1ccc([C@@H](CO)c2cc(N3CCC(Cc4ccc(OCCCN5CCOCC5)cc4)C3)ccc2C(N)=O)cc1. The molecule has 242 valence electrons. The molecule has 3 aromatic rings. The maximum Gasteiger partial charge on any atom is 0.249 e. The van der Waals surface area contributed by atoms with Gasteiger partial charge in [-0.2, -0.15) is 0 Å². The van der Waals surface area contributed by atoms with Crippen LogP contribution in [0.15, 0.2) is 71.6 Å². The minimum Gasteiger partial charge on any atom is -0.494 e. The lowest BCUT2D eigenvalue weighted by Gasteiger charge is -2.26. The van der Waals surface area contributed by atoms with Gasteiger partial charge in [0.2, 0.25) is 5.91 Å². The molecule has 2 aliphatic heterocycles. The lowest BCUT2D eigenvalue weighted by molar-refractivity contribution is 0.0358. The van der Waals surface area contributed by atoms with Gasteiger partial charge in [0.1, 0.15) is 5.75 Å². The third-order valence-electron chi connectivity index (χ3n) is 8.97. The number of benzene rings is 3. The van der Waals surface area contributed by atoms with Crippen molar-refractivity contribution >= 4 is 21.4 Å². The summed E-state index contributed by atoms with van der Waals surface area (Å²) in [7, 11) is -3.34. The number of carbonyl (C=O) groups is 1. The second-order valence-corrected chi connectivity index (χ2v) is 14.2. The van der Waals surface area contributed by atoms with Crippen molar-refractivity contribution in [3.8, 4) is 5.75 Å². The maximum absolute atomic E-state index is 12.4. The highest BCUT2D eigenvalue weighted by Crippen LogP contribution is 2.34. The molecule has 3 aromatic carbocycles. The molecule has 9 nitrogen and oxygen atoms in total. The number of ether oxygens (including phenoxy) is 2. The van der Waals surface area contributed by atoms with Crippen LogP contribution in [-0.2, 0) is 21.0 Å². The Balaban J connectivity index is 1.20. The molecule has 0 saturated carbocycles. The van der Waals surface area contributed by atoms with E-state index in [0.717, 1.165) is 82.2 Å². The minimum atomic E-state index is -3.34. The third kappa shape index (κ3) is 8.43. The molecule has 3 N–H and O–H groups in total. The molecule has 2 heterocycles. The summed E-state index contributed by atoms with van der Waals surface area (Å²) in [6.07, 6.45) is 3.01. The molecule has 2 atom stereocenters. The lowest BCUT2D eigenvalue weighted by atomic mass is 9.88. The number of hydrogen-bond acceptors (Lipinski definition) is 8. The number of morpholine rings is 1. The average molecular weight is 636 g/mol. The van der Waals surface area contributed by atoms with Crippen molar-refractivity contribution in [2.45, 2.75) is 37.0 Å². The third-order valence-corrected chi connectivity index (χ3v) is 10.7. The summed E-state index contributed by atoms with van der Waals surface area (Å²) in [5.41, 5.74) is 9.70. The van der Waals surface area contributed by atoms with Crippen molar-refractivity contribution in [2.24, 2.45) is 11.7 Å². The Morgan fingerprint density at radius 1 is 1.04 bits per heavy atom. The molecule has 0 radical (unpaired) electrons. The van der Waals surface area contributed by atoms with Crippen LogP contribution in [0.3, 0.4) is 0 Å². The molecule has 5 rings (SSSR count). The van der Waals surface area contributed by atoms with Crippen LogP contribution in [0, 0.1) is 5.92 Å². The molecule has 0 bridgehead atoms. The molecule has 2 saturated heterocycles. The highest BCUT2D eigenvalue weighted by molar-refractivity contribution is 7.91. The van der Waals surface area contributed by atoms with Gasteiger partial charge in [0, 0.05) is 49.9 Å². The first-order chi connectivity index (χ1) is 21.8. The van der Waals surface area contributed by atoms with E-state index in [-0.39, 0.29) is 17.3 Å². The number of hydrogen-bond donors (Lipinski definition) is 2. The maximum atomic E-state index is 12.4. The van der Waals surface area contributed by atoms with Crippen LogP contribution >= 0.6 is 0 Å². The predicted octanol–water partition coefficient (Wildman–Crippen LogP) is 3.87. The van der Waals surface area contributed by atoms with E-state index in [1.807, 2.05) is 12.1 Å². The Hall–Kier alpha value is -3.44. The smallest absolute Gasteiger partial charge is 0.249 e. The van der Waals surface area contributed by atoms with E-state index in [4.69, 9.17) is 15.2 Å². The Labute approximate surface area is 266 Å². The van der Waals surface area contributed by atoms with E-state index >= 15 is 0 Å². The molecule has 2 fully saturated rings. The first kappa shape index (κ1) is 32.9. The number of sulfone groups is 1. The summed E-state index contributed by atoms with van der Waals surface area (Å²) >= 11 is 0. The van der Waals surface area contributed by atoms with Crippen LogP contribution in [0.1, 0.15) is 52.7 Å². The van der Waals surface area contributed by atoms with Crippen molar-refractivity contribution in [3.63, 3.8) is 0 Å². The molecule has 1 unspecified atom stereocenters. The van der Waals surface area contributed by atoms with Gasteiger partial charge in [-0.05, 0) is 84.3 Å². The van der Waals surface area contributed by atoms with Crippen molar-refractivity contribution < 1.29 is 27.8 Å². The van der Waals surface area contributed by atoms with Crippen molar-refractivity contribution in [3.05, 3.63) is 89.0 Å². The standard InChI is InChI=1S/C35H45N3O6S/c1-2-45(41,42)31-11-6-28(7-12-31)34(25-39)33-23-29(8-13-32(33)35(36)40)38-16-14-27(24-38)22-26-4-9-30(10-5-26)44-19-3-15-37-17-20-43-21-18-37/h4-13,23,27,34,39H,2-3,14-22,24-25H2,1H3,(H2,36,40)/t27?,34-/m1/s1. The predicted molar refractivity (Wildman–Crippen MR) is 176 cm³/mol. The largest absolute Gasteiger partial charge is 0.494 e. The fraction of sp³-hybridized carbons (Fsp3) is 0.457. The summed E-state index contributed by atoms with van der Waals surface area (Å²) in [6.45, 7) is 8.49. The van der Waals surface area contributed by atoms with Crippen LogP contribution < -0.4 is 15.4 Å². The van der Waals surface area contributed by atoms with E-state index in [1.165, 1.54) is 5.56 Å². The zero-order valence-corrected chi connectivity index (χ0v) is 26.9. The van der Waals surface area contributed by atoms with Crippen molar-refractivity contribution in [2.75, 3.05) is 69.8 Å². The van der Waals surface area contributed by atoms with Gasteiger partial charge in [-0.1, -0.05) is 31.2 Å². The molecular formula is C35H45N3O6S. The Morgan fingerprint density at radius 3 is 2.44 bits per heavy atom. The first-order valence-electron chi connectivity index (χ1n) is 15.9. The summed E-state index contributed by atoms with van der Waals surface area (Å²) in [5, 5.41) is 10.4. The summed E-state index contributed by atoms with van der Waals surface area (Å²) < 4.78 is 35.9. The van der Waals surface area contributed by atoms with Gasteiger partial charge in [0.25, 0.3) is 0 Å². The normalized spacial score (nSPS) is 18.2. The van der Waals surface area contributed by atoms with Gasteiger partial charge in [0.15, 0.2) is 9.84 Å². The molecule has 0 aliphatic carbocycles. The minimum absolute atomic E-state index is 0.0102. The van der Waals surface area contributed by atoms with Crippen LogP contribution in [-0.4, -0.2) is 89.2 Å². The molecule has 2 aliphatic rings. The Kier molecular flexibility index (Phi) is 11.1. The molecule has 0 aromatic heterocycles. The van der Waals surface area contributed by atoms with E-state index in [1.54, 1.807) is 37.3 Å². The number of aliphatic hydroxyl groups is 1. The first-order valence-corrected chi connectivity index (χ1v) is 17.6. The number of nitrogens with two attached hydrogens (primary N) is 1. The van der Waals surface area contributed by atoms with Crippen molar-refractivity contribution in [1.29, 1.82) is 0 Å². The molecule has 10 heteroatoms. The van der Waals surface area contributed by atoms with Gasteiger partial charge in [-0.15, -0.1) is 0 Å². The highest BCUT2D eigenvalue weighted by atomic mass is 32.2. The summed E-state index contributed by atoms with van der Waals surface area (Å²) in [6, 6.07) is 20.6. The zero-order valence-electron chi connectivity index (χ0n) is 26.1. The number of anilines is 1. The molecule has 45 heavy (non-hydrogen) atoms. The Bertz CT molecular complexity index is 1520. The molecule has 0 spiro atoms. The topological polar surface area (TPSA) is 122 Å². The highest BCUT2D eigenvalue weighted by Gasteiger charge is 2.26. The van der Waals surface area contributed by atoms with Gasteiger partial charge in [-0.25, -0.2) is 8.42 Å². The van der Waals surface area contributed by atoms with E-state index in [9.17, 15) is 18.3 Å². The monoisotopic (exact) mass is 635 g/mol. The van der Waals surface area contributed by atoms with Crippen LogP contribution in [0.5, 0.6) is 5.75 Å². The Morgan fingerprint density at radius 2 is 1.78 bits per heavy atom. The van der Waals surface area contributed by atoms with Crippen LogP contribution in [0.25, 0.3) is 0 Å². The van der Waals surface area contributed by atoms with Gasteiger partial charge in [-0.3, -0.25) is 9.69 Å². The summed E-state index contributed by atoms with van der Waals surface area (Å²) in [5.74, 6) is 0.298. The fourth-order valence-corrected chi connectivity index (χ4v) is 7.19. The van der Waals surface area contributed by atoms with Gasteiger partial charge in [0.05, 0.1) is 37.1 Å². The van der Waals surface area contributed by atoms with Crippen LogP contribution in [0.4, 0.5) is 5.69 Å². The quantitative estimate of drug-likeness (QED) is 0.256. The zero-order chi connectivity index (χ0) is 31.8. The van der Waals surface area contributed by atoms with Crippen molar-refractivity contribution in [1.82, 2.24) is 4.90 Å². The number of carbonyl (C=O) groups excluding carboxylic acids is 1. The number of rotatable bonds is 14.